The van der Waals surface area contributed by atoms with E-state index in [9.17, 15) is 0 Å². The molecule has 1 saturated carbocycles. The Hall–Kier alpha value is -0.120. The summed E-state index contributed by atoms with van der Waals surface area (Å²) in [5, 5.41) is 9.03. The highest BCUT2D eigenvalue weighted by Crippen LogP contribution is 2.28. The van der Waals surface area contributed by atoms with Crippen LogP contribution in [0.5, 0.6) is 0 Å². The first kappa shape index (κ1) is 12.9. The van der Waals surface area contributed by atoms with E-state index in [4.69, 9.17) is 14.6 Å². The highest BCUT2D eigenvalue weighted by Gasteiger charge is 2.22. The lowest BCUT2D eigenvalue weighted by molar-refractivity contribution is -0.233. The average molecular weight is 216 g/mol. The molecule has 0 aliphatic heterocycles. The minimum absolute atomic E-state index is 0.298. The van der Waals surface area contributed by atoms with Crippen molar-refractivity contribution < 1.29 is 14.6 Å². The maximum absolute atomic E-state index is 9.03. The second kappa shape index (κ2) is 6.46. The van der Waals surface area contributed by atoms with E-state index in [-0.39, 0.29) is 6.29 Å². The second-order valence-electron chi connectivity index (χ2n) is 4.49. The van der Waals surface area contributed by atoms with Crippen molar-refractivity contribution in [1.29, 1.82) is 0 Å². The van der Waals surface area contributed by atoms with Crippen molar-refractivity contribution in [1.82, 2.24) is 0 Å². The molecule has 1 N–H and O–H groups in total. The molecule has 0 saturated heterocycles. The standard InChI is InChI=1S/C12H24O3/c1-4-11-5-7-12(8-6-11)15-10(3)14-9(2)13/h9-13H,4-8H2,1-3H3. The summed E-state index contributed by atoms with van der Waals surface area (Å²) in [5.74, 6) is 0.887. The van der Waals surface area contributed by atoms with Crippen LogP contribution in [-0.4, -0.2) is 23.8 Å². The molecule has 15 heavy (non-hydrogen) atoms. The zero-order valence-electron chi connectivity index (χ0n) is 10.1. The lowest BCUT2D eigenvalue weighted by Crippen LogP contribution is -2.28. The minimum Gasteiger partial charge on any atom is -0.368 e. The number of rotatable bonds is 5. The highest BCUT2D eigenvalue weighted by molar-refractivity contribution is 4.72. The van der Waals surface area contributed by atoms with E-state index in [2.05, 4.69) is 6.92 Å². The van der Waals surface area contributed by atoms with Crippen LogP contribution in [0.25, 0.3) is 0 Å². The van der Waals surface area contributed by atoms with Crippen molar-refractivity contribution in [3.05, 3.63) is 0 Å². The third-order valence-electron chi connectivity index (χ3n) is 3.14. The molecule has 0 heterocycles. The molecule has 3 nitrogen and oxygen atoms in total. The molecule has 1 rings (SSSR count). The SMILES string of the molecule is CCC1CCC(OC(C)OC(C)O)CC1. The van der Waals surface area contributed by atoms with E-state index in [0.29, 0.717) is 6.10 Å². The molecule has 0 aromatic carbocycles. The second-order valence-corrected chi connectivity index (χ2v) is 4.49. The van der Waals surface area contributed by atoms with Crippen LogP contribution >= 0.6 is 0 Å². The van der Waals surface area contributed by atoms with Crippen LogP contribution in [0.1, 0.15) is 52.9 Å². The molecule has 0 aromatic heterocycles. The number of hydrogen-bond donors (Lipinski definition) is 1. The molecule has 1 fully saturated rings. The van der Waals surface area contributed by atoms with E-state index < -0.39 is 6.29 Å². The zero-order chi connectivity index (χ0) is 11.3. The van der Waals surface area contributed by atoms with Crippen molar-refractivity contribution in [2.45, 2.75) is 71.6 Å². The summed E-state index contributed by atoms with van der Waals surface area (Å²) in [4.78, 5) is 0. The molecule has 3 heteroatoms. The molecule has 2 atom stereocenters. The zero-order valence-corrected chi connectivity index (χ0v) is 10.1. The van der Waals surface area contributed by atoms with Crippen LogP contribution in [0.15, 0.2) is 0 Å². The molecular formula is C12H24O3. The van der Waals surface area contributed by atoms with Crippen LogP contribution in [0.4, 0.5) is 0 Å². The van der Waals surface area contributed by atoms with Gasteiger partial charge < -0.3 is 14.6 Å². The molecule has 0 bridgehead atoms. The maximum Gasteiger partial charge on any atom is 0.158 e. The molecular weight excluding hydrogens is 192 g/mol. The van der Waals surface area contributed by atoms with Crippen molar-refractivity contribution in [3.63, 3.8) is 0 Å². The minimum atomic E-state index is -0.744. The molecule has 90 valence electrons. The first-order valence-corrected chi connectivity index (χ1v) is 6.10. The predicted molar refractivity (Wildman–Crippen MR) is 59.3 cm³/mol. The first-order chi connectivity index (χ1) is 7.11. The molecule has 1 aliphatic carbocycles. The summed E-state index contributed by atoms with van der Waals surface area (Å²) >= 11 is 0. The van der Waals surface area contributed by atoms with Crippen LogP contribution in [0.2, 0.25) is 0 Å². The van der Waals surface area contributed by atoms with Gasteiger partial charge in [0, 0.05) is 0 Å². The lowest BCUT2D eigenvalue weighted by Gasteiger charge is -2.30. The fraction of sp³-hybridized carbons (Fsp3) is 1.00. The van der Waals surface area contributed by atoms with Crippen molar-refractivity contribution in [2.24, 2.45) is 5.92 Å². The topological polar surface area (TPSA) is 38.7 Å². The summed E-state index contributed by atoms with van der Waals surface area (Å²) in [5.41, 5.74) is 0. The normalized spacial score (nSPS) is 31.2. The van der Waals surface area contributed by atoms with E-state index in [1.807, 2.05) is 6.92 Å². The van der Waals surface area contributed by atoms with Crippen LogP contribution < -0.4 is 0 Å². The average Bonchev–Trinajstić information content (AvgIpc) is 2.17. The van der Waals surface area contributed by atoms with Crippen molar-refractivity contribution in [2.75, 3.05) is 0 Å². The molecule has 1 aliphatic rings. The van der Waals surface area contributed by atoms with Gasteiger partial charge in [0.05, 0.1) is 6.10 Å². The van der Waals surface area contributed by atoms with Gasteiger partial charge in [-0.15, -0.1) is 0 Å². The van der Waals surface area contributed by atoms with Gasteiger partial charge in [0.1, 0.15) is 0 Å². The van der Waals surface area contributed by atoms with Gasteiger partial charge in [0.25, 0.3) is 0 Å². The summed E-state index contributed by atoms with van der Waals surface area (Å²) in [7, 11) is 0. The van der Waals surface area contributed by atoms with E-state index in [1.165, 1.54) is 19.3 Å². The van der Waals surface area contributed by atoms with E-state index >= 15 is 0 Å². The Labute approximate surface area is 92.8 Å². The van der Waals surface area contributed by atoms with Gasteiger partial charge in [-0.25, -0.2) is 0 Å². The third kappa shape index (κ3) is 4.96. The van der Waals surface area contributed by atoms with Gasteiger partial charge in [0.2, 0.25) is 0 Å². The van der Waals surface area contributed by atoms with Gasteiger partial charge in [-0.2, -0.15) is 0 Å². The van der Waals surface area contributed by atoms with Gasteiger partial charge in [-0.1, -0.05) is 13.3 Å². The van der Waals surface area contributed by atoms with Crippen molar-refractivity contribution in [3.8, 4) is 0 Å². The number of hydrogen-bond acceptors (Lipinski definition) is 3. The van der Waals surface area contributed by atoms with Crippen LogP contribution in [-0.2, 0) is 9.47 Å². The molecule has 0 aromatic rings. The number of aliphatic hydroxyl groups excluding tert-OH is 1. The van der Waals surface area contributed by atoms with E-state index in [0.717, 1.165) is 18.8 Å². The summed E-state index contributed by atoms with van der Waals surface area (Å²) in [6.07, 6.45) is 5.36. The Bertz CT molecular complexity index is 162. The Morgan fingerprint density at radius 2 is 1.80 bits per heavy atom. The van der Waals surface area contributed by atoms with E-state index in [1.54, 1.807) is 6.92 Å². The summed E-state index contributed by atoms with van der Waals surface area (Å²) in [6.45, 7) is 5.71. The van der Waals surface area contributed by atoms with Gasteiger partial charge >= 0.3 is 0 Å². The van der Waals surface area contributed by atoms with Gasteiger partial charge in [-0.05, 0) is 45.4 Å². The smallest absolute Gasteiger partial charge is 0.158 e. The predicted octanol–water partition coefficient (Wildman–Crippen LogP) is 2.67. The quantitative estimate of drug-likeness (QED) is 0.718. The molecule has 0 radical (unpaired) electrons. The van der Waals surface area contributed by atoms with Gasteiger partial charge in [0.15, 0.2) is 12.6 Å². The Kier molecular flexibility index (Phi) is 5.58. The lowest BCUT2D eigenvalue weighted by atomic mass is 9.86. The molecule has 0 amide bonds. The molecule has 0 spiro atoms. The Morgan fingerprint density at radius 3 is 2.27 bits per heavy atom. The number of ether oxygens (including phenoxy) is 2. The Morgan fingerprint density at radius 1 is 1.20 bits per heavy atom. The third-order valence-corrected chi connectivity index (χ3v) is 3.14. The van der Waals surface area contributed by atoms with Crippen molar-refractivity contribution >= 4 is 0 Å². The van der Waals surface area contributed by atoms with Crippen LogP contribution in [0, 0.1) is 5.92 Å². The Balaban J connectivity index is 2.17. The van der Waals surface area contributed by atoms with Crippen LogP contribution in [0.3, 0.4) is 0 Å². The first-order valence-electron chi connectivity index (χ1n) is 6.10. The number of aliphatic hydroxyl groups is 1. The summed E-state index contributed by atoms with van der Waals surface area (Å²) in [6, 6.07) is 0. The molecule has 2 unspecified atom stereocenters. The largest absolute Gasteiger partial charge is 0.368 e. The van der Waals surface area contributed by atoms with Gasteiger partial charge in [-0.3, -0.25) is 0 Å². The highest BCUT2D eigenvalue weighted by atomic mass is 16.7. The fourth-order valence-corrected chi connectivity index (χ4v) is 2.26. The maximum atomic E-state index is 9.03. The monoisotopic (exact) mass is 216 g/mol. The summed E-state index contributed by atoms with van der Waals surface area (Å²) < 4.78 is 10.9. The fourth-order valence-electron chi connectivity index (χ4n) is 2.26.